The Balaban J connectivity index is 3.26. The van der Waals surface area contributed by atoms with Gasteiger partial charge >= 0.3 is 5.97 Å². The second kappa shape index (κ2) is 5.22. The van der Waals surface area contributed by atoms with Gasteiger partial charge in [-0.1, -0.05) is 39.0 Å². The Hall–Kier alpha value is -1.33. The van der Waals surface area contributed by atoms with Crippen molar-refractivity contribution in [2.24, 2.45) is 0 Å². The summed E-state index contributed by atoms with van der Waals surface area (Å²) in [4.78, 5) is 11.2. The Morgan fingerprint density at radius 1 is 1.15 bits per heavy atom. The highest BCUT2D eigenvalue weighted by molar-refractivity contribution is 6.74. The molecule has 0 saturated carbocycles. The van der Waals surface area contributed by atoms with Gasteiger partial charge in [0.15, 0.2) is 5.60 Å². The topological polar surface area (TPSA) is 66.8 Å². The van der Waals surface area contributed by atoms with Crippen molar-refractivity contribution in [2.45, 2.75) is 51.4 Å². The third-order valence-electron chi connectivity index (χ3n) is 4.00. The number of para-hydroxylation sites is 1. The molecule has 1 atom stereocenters. The Morgan fingerprint density at radius 3 is 2.10 bits per heavy atom. The first kappa shape index (κ1) is 16.7. The Morgan fingerprint density at radius 2 is 1.65 bits per heavy atom. The number of aliphatic hydroxyl groups is 1. The van der Waals surface area contributed by atoms with Crippen molar-refractivity contribution in [3.8, 4) is 5.75 Å². The fourth-order valence-electron chi connectivity index (χ4n) is 1.50. The van der Waals surface area contributed by atoms with Gasteiger partial charge in [0.25, 0.3) is 0 Å². The molecule has 1 aromatic rings. The summed E-state index contributed by atoms with van der Waals surface area (Å²) in [5.41, 5.74) is -1.67. The van der Waals surface area contributed by atoms with E-state index in [2.05, 4.69) is 33.9 Å². The van der Waals surface area contributed by atoms with E-state index >= 15 is 0 Å². The lowest BCUT2D eigenvalue weighted by atomic mass is 9.95. The number of hydrogen-bond acceptors (Lipinski definition) is 3. The summed E-state index contributed by atoms with van der Waals surface area (Å²) in [6, 6.07) is 6.79. The minimum Gasteiger partial charge on any atom is -0.543 e. The molecular weight excluding hydrogens is 272 g/mol. The quantitative estimate of drug-likeness (QED) is 0.836. The SMILES string of the molecule is CC(O)(C(=O)O)c1ccccc1O[Si](C)(C)C(C)(C)C. The van der Waals surface area contributed by atoms with E-state index in [1.165, 1.54) is 6.92 Å². The molecule has 112 valence electrons. The van der Waals surface area contributed by atoms with Crippen molar-refractivity contribution in [3.63, 3.8) is 0 Å². The summed E-state index contributed by atoms with van der Waals surface area (Å²) in [5.74, 6) is -0.838. The number of benzene rings is 1. The number of hydrogen-bond donors (Lipinski definition) is 2. The molecule has 0 aliphatic carbocycles. The molecule has 2 N–H and O–H groups in total. The van der Waals surface area contributed by atoms with Crippen molar-refractivity contribution in [3.05, 3.63) is 29.8 Å². The number of carbonyl (C=O) groups is 1. The second-order valence-electron chi connectivity index (χ2n) is 6.74. The highest BCUT2D eigenvalue weighted by atomic mass is 28.4. The van der Waals surface area contributed by atoms with Crippen molar-refractivity contribution < 1.29 is 19.4 Å². The van der Waals surface area contributed by atoms with Gasteiger partial charge in [0, 0.05) is 5.56 Å². The van der Waals surface area contributed by atoms with Crippen LogP contribution in [0.1, 0.15) is 33.3 Å². The molecule has 20 heavy (non-hydrogen) atoms. The fourth-order valence-corrected chi connectivity index (χ4v) is 2.53. The van der Waals surface area contributed by atoms with E-state index in [1.807, 2.05) is 0 Å². The number of rotatable bonds is 4. The van der Waals surface area contributed by atoms with Gasteiger partial charge in [-0.25, -0.2) is 4.79 Å². The number of aliphatic carboxylic acids is 1. The molecule has 1 rings (SSSR count). The zero-order valence-corrected chi connectivity index (χ0v) is 14.0. The van der Waals surface area contributed by atoms with Crippen LogP contribution in [0.25, 0.3) is 0 Å². The van der Waals surface area contributed by atoms with Gasteiger partial charge in [-0.05, 0) is 31.1 Å². The van der Waals surface area contributed by atoms with Crippen LogP contribution in [0.2, 0.25) is 18.1 Å². The summed E-state index contributed by atoms with van der Waals surface area (Å²) in [6.45, 7) is 11.8. The Labute approximate surface area is 121 Å². The maximum absolute atomic E-state index is 11.2. The second-order valence-corrected chi connectivity index (χ2v) is 11.5. The standard InChI is InChI=1S/C15H24O4Si/c1-14(2,3)20(5,6)19-12-10-8-7-9-11(12)15(4,18)13(16)17/h7-10,18H,1-6H3,(H,16,17). The molecule has 0 amide bonds. The van der Waals surface area contributed by atoms with Gasteiger partial charge in [-0.2, -0.15) is 0 Å². The first-order chi connectivity index (χ1) is 8.89. The van der Waals surface area contributed by atoms with Crippen LogP contribution in [-0.2, 0) is 10.4 Å². The van der Waals surface area contributed by atoms with Gasteiger partial charge < -0.3 is 14.6 Å². The maximum Gasteiger partial charge on any atom is 0.340 e. The van der Waals surface area contributed by atoms with Crippen LogP contribution >= 0.6 is 0 Å². The molecule has 0 aliphatic rings. The van der Waals surface area contributed by atoms with E-state index in [1.54, 1.807) is 24.3 Å². The molecule has 0 aliphatic heterocycles. The van der Waals surface area contributed by atoms with Crippen molar-refractivity contribution in [1.82, 2.24) is 0 Å². The highest BCUT2D eigenvalue weighted by Gasteiger charge is 2.41. The van der Waals surface area contributed by atoms with Crippen LogP contribution < -0.4 is 4.43 Å². The van der Waals surface area contributed by atoms with Crippen LogP contribution in [0.4, 0.5) is 0 Å². The average molecular weight is 296 g/mol. The van der Waals surface area contributed by atoms with E-state index in [4.69, 9.17) is 4.43 Å². The number of carboxylic acids is 1. The molecule has 5 heteroatoms. The predicted molar refractivity (Wildman–Crippen MR) is 81.5 cm³/mol. The molecule has 1 aromatic carbocycles. The van der Waals surface area contributed by atoms with Crippen LogP contribution in [0.5, 0.6) is 5.75 Å². The summed E-state index contributed by atoms with van der Waals surface area (Å²) in [6.07, 6.45) is 0. The van der Waals surface area contributed by atoms with Gasteiger partial charge in [0.2, 0.25) is 8.32 Å². The molecule has 0 radical (unpaired) electrons. The minimum absolute atomic E-state index is 0.00477. The molecule has 4 nitrogen and oxygen atoms in total. The minimum atomic E-state index is -2.09. The van der Waals surface area contributed by atoms with Crippen LogP contribution in [-0.4, -0.2) is 24.5 Å². The van der Waals surface area contributed by atoms with E-state index in [9.17, 15) is 15.0 Å². The van der Waals surface area contributed by atoms with E-state index in [-0.39, 0.29) is 10.6 Å². The normalized spacial score (nSPS) is 15.6. The summed E-state index contributed by atoms with van der Waals surface area (Å²) < 4.78 is 6.15. The largest absolute Gasteiger partial charge is 0.543 e. The first-order valence-corrected chi connectivity index (χ1v) is 9.55. The van der Waals surface area contributed by atoms with Crippen LogP contribution in [0.3, 0.4) is 0 Å². The van der Waals surface area contributed by atoms with E-state index in [0.717, 1.165) is 0 Å². The molecule has 0 aromatic heterocycles. The fraction of sp³-hybridized carbons (Fsp3) is 0.533. The van der Waals surface area contributed by atoms with Gasteiger partial charge in [0.1, 0.15) is 5.75 Å². The van der Waals surface area contributed by atoms with Gasteiger partial charge in [-0.3, -0.25) is 0 Å². The zero-order valence-electron chi connectivity index (χ0n) is 13.0. The first-order valence-electron chi connectivity index (χ1n) is 6.64. The Kier molecular flexibility index (Phi) is 4.36. The lowest BCUT2D eigenvalue weighted by Crippen LogP contribution is -2.44. The van der Waals surface area contributed by atoms with Crippen molar-refractivity contribution in [2.75, 3.05) is 0 Å². The molecule has 1 unspecified atom stereocenters. The molecule has 0 heterocycles. The third kappa shape index (κ3) is 3.22. The van der Waals surface area contributed by atoms with Crippen LogP contribution in [0, 0.1) is 0 Å². The molecule has 0 saturated heterocycles. The molecule has 0 bridgehead atoms. The lowest BCUT2D eigenvalue weighted by molar-refractivity contribution is -0.157. The number of carboxylic acid groups (broad SMARTS) is 1. The highest BCUT2D eigenvalue weighted by Crippen LogP contribution is 2.40. The lowest BCUT2D eigenvalue weighted by Gasteiger charge is -2.37. The van der Waals surface area contributed by atoms with Gasteiger partial charge in [-0.15, -0.1) is 0 Å². The van der Waals surface area contributed by atoms with E-state index in [0.29, 0.717) is 5.75 Å². The average Bonchev–Trinajstić information content (AvgIpc) is 2.27. The zero-order chi connectivity index (χ0) is 15.8. The summed E-state index contributed by atoms with van der Waals surface area (Å²) >= 11 is 0. The van der Waals surface area contributed by atoms with Crippen LogP contribution in [0.15, 0.2) is 24.3 Å². The summed E-state index contributed by atoms with van der Waals surface area (Å²) in [5, 5.41) is 19.4. The smallest absolute Gasteiger partial charge is 0.340 e. The predicted octanol–water partition coefficient (Wildman–Crippen LogP) is 3.36. The van der Waals surface area contributed by atoms with Gasteiger partial charge in [0.05, 0.1) is 0 Å². The maximum atomic E-state index is 11.2. The molecule has 0 spiro atoms. The Bertz CT molecular complexity index is 501. The molecular formula is C15H24O4Si. The third-order valence-corrected chi connectivity index (χ3v) is 8.34. The molecule has 0 fully saturated rings. The van der Waals surface area contributed by atoms with Crippen molar-refractivity contribution in [1.29, 1.82) is 0 Å². The summed E-state index contributed by atoms with van der Waals surface area (Å²) in [7, 11) is -2.09. The van der Waals surface area contributed by atoms with E-state index < -0.39 is 19.9 Å². The van der Waals surface area contributed by atoms with Crippen molar-refractivity contribution >= 4 is 14.3 Å². The monoisotopic (exact) mass is 296 g/mol.